The Labute approximate surface area is 153 Å². The number of hydrogen-bond donors (Lipinski definition) is 2. The summed E-state index contributed by atoms with van der Waals surface area (Å²) < 4.78 is 2.05. The summed E-state index contributed by atoms with van der Waals surface area (Å²) in [5.74, 6) is 0.373. The number of rotatable bonds is 6. The van der Waals surface area contributed by atoms with Gasteiger partial charge in [0.2, 0.25) is 0 Å². The SMILES string of the molecule is CNCCCn1c(Sc2cc(Cl)cc(Cl)c2)nc2c(N)ncnc21. The monoisotopic (exact) mass is 382 g/mol. The van der Waals surface area contributed by atoms with Gasteiger partial charge in [0.25, 0.3) is 0 Å². The fraction of sp³-hybridized carbons (Fsp3) is 0.267. The molecule has 3 aromatic rings. The van der Waals surface area contributed by atoms with E-state index in [4.69, 9.17) is 28.9 Å². The number of nitrogen functional groups attached to an aromatic ring is 1. The average molecular weight is 383 g/mol. The molecule has 0 saturated carbocycles. The lowest BCUT2D eigenvalue weighted by atomic mass is 10.4. The summed E-state index contributed by atoms with van der Waals surface area (Å²) in [5, 5.41) is 5.10. The van der Waals surface area contributed by atoms with Gasteiger partial charge in [0, 0.05) is 21.5 Å². The summed E-state index contributed by atoms with van der Waals surface area (Å²) in [6.45, 7) is 1.66. The summed E-state index contributed by atoms with van der Waals surface area (Å²) >= 11 is 13.6. The highest BCUT2D eigenvalue weighted by atomic mass is 35.5. The first-order valence-electron chi connectivity index (χ1n) is 7.33. The van der Waals surface area contributed by atoms with E-state index in [0.29, 0.717) is 21.4 Å². The summed E-state index contributed by atoms with van der Waals surface area (Å²) in [4.78, 5) is 13.9. The third-order valence-corrected chi connectivity index (χ3v) is 4.78. The van der Waals surface area contributed by atoms with Gasteiger partial charge in [0.05, 0.1) is 0 Å². The Morgan fingerprint density at radius 1 is 1.21 bits per heavy atom. The molecule has 0 atom stereocenters. The van der Waals surface area contributed by atoms with E-state index < -0.39 is 0 Å². The standard InChI is InChI=1S/C15H16Cl2N6S/c1-19-3-2-4-23-14-12(13(18)20-8-21-14)22-15(23)24-11-6-9(16)5-10(17)7-11/h5-8,19H,2-4H2,1H3,(H2,18,20,21). The molecule has 6 nitrogen and oxygen atoms in total. The fourth-order valence-electron chi connectivity index (χ4n) is 2.32. The summed E-state index contributed by atoms with van der Waals surface area (Å²) in [6, 6.07) is 5.40. The highest BCUT2D eigenvalue weighted by Gasteiger charge is 2.16. The number of aromatic nitrogens is 4. The fourth-order valence-corrected chi connectivity index (χ4v) is 3.98. The van der Waals surface area contributed by atoms with Crippen molar-refractivity contribution < 1.29 is 0 Å². The molecule has 0 amide bonds. The molecule has 0 aliphatic carbocycles. The highest BCUT2D eigenvalue weighted by molar-refractivity contribution is 7.99. The maximum Gasteiger partial charge on any atom is 0.175 e. The van der Waals surface area contributed by atoms with E-state index in [-0.39, 0.29) is 0 Å². The number of hydrogen-bond acceptors (Lipinski definition) is 6. The van der Waals surface area contributed by atoms with Crippen molar-refractivity contribution in [3.8, 4) is 0 Å². The van der Waals surface area contributed by atoms with Crippen molar-refractivity contribution in [2.24, 2.45) is 0 Å². The number of nitrogens with one attached hydrogen (secondary N) is 1. The van der Waals surface area contributed by atoms with Gasteiger partial charge < -0.3 is 15.6 Å². The molecule has 0 saturated heterocycles. The van der Waals surface area contributed by atoms with E-state index in [1.54, 1.807) is 6.07 Å². The predicted molar refractivity (Wildman–Crippen MR) is 98.9 cm³/mol. The van der Waals surface area contributed by atoms with Crippen LogP contribution in [0.3, 0.4) is 0 Å². The normalized spacial score (nSPS) is 11.3. The van der Waals surface area contributed by atoms with Crippen molar-refractivity contribution in [2.75, 3.05) is 19.3 Å². The Balaban J connectivity index is 2.01. The number of anilines is 1. The number of halogens is 2. The molecule has 126 valence electrons. The number of benzene rings is 1. The highest BCUT2D eigenvalue weighted by Crippen LogP contribution is 2.33. The summed E-state index contributed by atoms with van der Waals surface area (Å²) in [5.41, 5.74) is 7.28. The molecule has 3 N–H and O–H groups in total. The smallest absolute Gasteiger partial charge is 0.175 e. The van der Waals surface area contributed by atoms with Crippen LogP contribution in [0.4, 0.5) is 5.82 Å². The molecule has 0 radical (unpaired) electrons. The minimum Gasteiger partial charge on any atom is -0.382 e. The van der Waals surface area contributed by atoms with Crippen LogP contribution >= 0.6 is 35.0 Å². The molecular weight excluding hydrogens is 367 g/mol. The first-order chi connectivity index (χ1) is 11.6. The van der Waals surface area contributed by atoms with Gasteiger partial charge >= 0.3 is 0 Å². The van der Waals surface area contributed by atoms with Crippen molar-refractivity contribution in [1.29, 1.82) is 0 Å². The van der Waals surface area contributed by atoms with Crippen molar-refractivity contribution in [3.63, 3.8) is 0 Å². The summed E-state index contributed by atoms with van der Waals surface area (Å²) in [6.07, 6.45) is 2.40. The van der Waals surface area contributed by atoms with Gasteiger partial charge in [0.1, 0.15) is 6.33 Å². The number of nitrogens with two attached hydrogens (primary N) is 1. The van der Waals surface area contributed by atoms with E-state index in [1.165, 1.54) is 18.1 Å². The third kappa shape index (κ3) is 3.75. The number of aryl methyl sites for hydroxylation is 1. The maximum absolute atomic E-state index is 6.09. The second kappa shape index (κ2) is 7.57. The molecule has 9 heteroatoms. The number of imidazole rings is 1. The molecule has 0 spiro atoms. The molecular formula is C15H16Cl2N6S. The minimum absolute atomic E-state index is 0.373. The van der Waals surface area contributed by atoms with Crippen LogP contribution < -0.4 is 11.1 Å². The first kappa shape index (κ1) is 17.3. The van der Waals surface area contributed by atoms with Gasteiger partial charge in [-0.25, -0.2) is 15.0 Å². The Hall–Kier alpha value is -1.54. The van der Waals surface area contributed by atoms with Crippen LogP contribution in [0.25, 0.3) is 11.2 Å². The van der Waals surface area contributed by atoms with E-state index >= 15 is 0 Å². The molecule has 0 unspecified atom stereocenters. The van der Waals surface area contributed by atoms with Gasteiger partial charge in [-0.3, -0.25) is 0 Å². The van der Waals surface area contributed by atoms with Crippen LogP contribution in [0.2, 0.25) is 10.0 Å². The molecule has 0 aliphatic rings. The topological polar surface area (TPSA) is 81.7 Å². The lowest BCUT2D eigenvalue weighted by Gasteiger charge is -2.08. The molecule has 3 rings (SSSR count). The zero-order valence-electron chi connectivity index (χ0n) is 13.0. The molecule has 24 heavy (non-hydrogen) atoms. The molecule has 2 heterocycles. The molecule has 2 aromatic heterocycles. The predicted octanol–water partition coefficient (Wildman–Crippen LogP) is 3.48. The average Bonchev–Trinajstić information content (AvgIpc) is 2.86. The minimum atomic E-state index is 0.373. The van der Waals surface area contributed by atoms with Crippen LogP contribution in [0, 0.1) is 0 Å². The van der Waals surface area contributed by atoms with E-state index in [9.17, 15) is 0 Å². The third-order valence-electron chi connectivity index (χ3n) is 3.38. The van der Waals surface area contributed by atoms with Gasteiger partial charge in [-0.1, -0.05) is 35.0 Å². The van der Waals surface area contributed by atoms with Crippen molar-refractivity contribution >= 4 is 51.9 Å². The van der Waals surface area contributed by atoms with Crippen LogP contribution in [-0.4, -0.2) is 33.1 Å². The molecule has 1 aromatic carbocycles. The van der Waals surface area contributed by atoms with Crippen molar-refractivity contribution in [3.05, 3.63) is 34.6 Å². The van der Waals surface area contributed by atoms with Crippen LogP contribution in [-0.2, 0) is 6.54 Å². The van der Waals surface area contributed by atoms with E-state index in [0.717, 1.165) is 35.2 Å². The van der Waals surface area contributed by atoms with Crippen LogP contribution in [0.15, 0.2) is 34.6 Å². The zero-order chi connectivity index (χ0) is 17.1. The number of fused-ring (bicyclic) bond motifs is 1. The first-order valence-corrected chi connectivity index (χ1v) is 8.91. The van der Waals surface area contributed by atoms with E-state index in [2.05, 4.69) is 20.3 Å². The Morgan fingerprint density at radius 2 is 1.96 bits per heavy atom. The van der Waals surface area contributed by atoms with Gasteiger partial charge in [0.15, 0.2) is 22.1 Å². The van der Waals surface area contributed by atoms with Gasteiger partial charge in [-0.2, -0.15) is 0 Å². The quantitative estimate of drug-likeness (QED) is 0.635. The zero-order valence-corrected chi connectivity index (χ0v) is 15.3. The lowest BCUT2D eigenvalue weighted by molar-refractivity contribution is 0.585. The van der Waals surface area contributed by atoms with Gasteiger partial charge in [-0.05, 0) is 38.2 Å². The number of nitrogens with zero attached hydrogens (tertiary/aromatic N) is 4. The lowest BCUT2D eigenvalue weighted by Crippen LogP contribution is -2.11. The molecule has 0 aliphatic heterocycles. The van der Waals surface area contributed by atoms with Crippen molar-refractivity contribution in [2.45, 2.75) is 23.0 Å². The molecule has 0 bridgehead atoms. The second-order valence-electron chi connectivity index (χ2n) is 5.14. The van der Waals surface area contributed by atoms with Crippen molar-refractivity contribution in [1.82, 2.24) is 24.8 Å². The second-order valence-corrected chi connectivity index (χ2v) is 7.06. The van der Waals surface area contributed by atoms with Crippen LogP contribution in [0.1, 0.15) is 6.42 Å². The Bertz CT molecular complexity index is 846. The van der Waals surface area contributed by atoms with E-state index in [1.807, 2.05) is 23.7 Å². The maximum atomic E-state index is 6.09. The Morgan fingerprint density at radius 3 is 2.67 bits per heavy atom. The van der Waals surface area contributed by atoms with Crippen LogP contribution in [0.5, 0.6) is 0 Å². The summed E-state index contributed by atoms with van der Waals surface area (Å²) in [7, 11) is 1.93. The molecule has 0 fully saturated rings. The Kier molecular flexibility index (Phi) is 5.45. The van der Waals surface area contributed by atoms with Gasteiger partial charge in [-0.15, -0.1) is 0 Å². The largest absolute Gasteiger partial charge is 0.382 e.